The highest BCUT2D eigenvalue weighted by atomic mass is 16.3. The highest BCUT2D eigenvalue weighted by molar-refractivity contribution is 6.04. The van der Waals surface area contributed by atoms with Crippen molar-refractivity contribution in [1.29, 1.82) is 0 Å². The molecule has 0 fully saturated rings. The molecular formula is C12H11N3O2. The van der Waals surface area contributed by atoms with Gasteiger partial charge in [0.15, 0.2) is 0 Å². The smallest absolute Gasteiger partial charge is 0.257 e. The molecule has 2 rings (SSSR count). The molecule has 2 N–H and O–H groups in total. The van der Waals surface area contributed by atoms with Crippen LogP contribution in [0.3, 0.4) is 0 Å². The molecule has 0 aliphatic rings. The van der Waals surface area contributed by atoms with Crippen LogP contribution in [0.1, 0.15) is 15.9 Å². The molecule has 0 radical (unpaired) electrons. The Morgan fingerprint density at radius 2 is 2.12 bits per heavy atom. The Hall–Kier alpha value is -2.43. The fourth-order valence-electron chi connectivity index (χ4n) is 1.37. The van der Waals surface area contributed by atoms with Crippen LogP contribution in [0.2, 0.25) is 0 Å². The zero-order valence-corrected chi connectivity index (χ0v) is 9.21. The van der Waals surface area contributed by atoms with Crippen molar-refractivity contribution in [3.8, 4) is 5.75 Å². The molecular weight excluding hydrogens is 218 g/mol. The monoisotopic (exact) mass is 229 g/mol. The summed E-state index contributed by atoms with van der Waals surface area (Å²) in [6.45, 7) is 1.86. The first-order chi connectivity index (χ1) is 8.16. The average Bonchev–Trinajstić information content (AvgIpc) is 2.34. The molecule has 1 amide bonds. The molecule has 0 spiro atoms. The van der Waals surface area contributed by atoms with Crippen LogP contribution in [0.15, 0.2) is 36.7 Å². The predicted molar refractivity (Wildman–Crippen MR) is 62.8 cm³/mol. The molecule has 5 heteroatoms. The summed E-state index contributed by atoms with van der Waals surface area (Å²) in [5.74, 6) is -0.292. The Morgan fingerprint density at radius 3 is 2.76 bits per heavy atom. The van der Waals surface area contributed by atoms with Crippen LogP contribution in [0.4, 0.5) is 5.69 Å². The van der Waals surface area contributed by atoms with E-state index < -0.39 is 0 Å². The van der Waals surface area contributed by atoms with Gasteiger partial charge in [0.05, 0.1) is 23.6 Å². The van der Waals surface area contributed by atoms with Gasteiger partial charge in [-0.1, -0.05) is 6.07 Å². The number of rotatable bonds is 2. The topological polar surface area (TPSA) is 75.1 Å². The first kappa shape index (κ1) is 11.1. The van der Waals surface area contributed by atoms with Crippen LogP contribution in [0.5, 0.6) is 5.75 Å². The number of aryl methyl sites for hydroxylation is 1. The van der Waals surface area contributed by atoms with Crippen molar-refractivity contribution in [2.75, 3.05) is 5.32 Å². The predicted octanol–water partition coefficient (Wildman–Crippen LogP) is 1.74. The third-order valence-electron chi connectivity index (χ3n) is 2.25. The quantitative estimate of drug-likeness (QED) is 0.769. The number of hydrogen-bond acceptors (Lipinski definition) is 4. The van der Waals surface area contributed by atoms with Crippen molar-refractivity contribution >= 4 is 11.6 Å². The van der Waals surface area contributed by atoms with Crippen LogP contribution >= 0.6 is 0 Å². The Labute approximate surface area is 98.1 Å². The number of hydrogen-bond donors (Lipinski definition) is 2. The second kappa shape index (κ2) is 4.61. The largest absolute Gasteiger partial charge is 0.506 e. The summed E-state index contributed by atoms with van der Waals surface area (Å²) in [7, 11) is 0. The Morgan fingerprint density at radius 1 is 1.29 bits per heavy atom. The Bertz CT molecular complexity index is 541. The van der Waals surface area contributed by atoms with Crippen molar-refractivity contribution in [3.05, 3.63) is 47.8 Å². The van der Waals surface area contributed by atoms with E-state index in [0.717, 1.165) is 5.56 Å². The van der Waals surface area contributed by atoms with Crippen LogP contribution in [0, 0.1) is 6.92 Å². The van der Waals surface area contributed by atoms with E-state index in [-0.39, 0.29) is 11.7 Å². The van der Waals surface area contributed by atoms with E-state index in [1.165, 1.54) is 12.4 Å². The minimum absolute atomic E-state index is 0.0420. The van der Waals surface area contributed by atoms with Crippen molar-refractivity contribution in [2.24, 2.45) is 0 Å². The molecule has 0 atom stereocenters. The highest BCUT2D eigenvalue weighted by Crippen LogP contribution is 2.24. The number of amides is 1. The molecule has 1 aromatic carbocycles. The molecule has 17 heavy (non-hydrogen) atoms. The SMILES string of the molecule is Cc1ccc(NC(=O)c2ccnnc2)c(O)c1. The maximum Gasteiger partial charge on any atom is 0.257 e. The minimum atomic E-state index is -0.334. The van der Waals surface area contributed by atoms with E-state index in [9.17, 15) is 9.90 Å². The number of aromatic nitrogens is 2. The van der Waals surface area contributed by atoms with E-state index in [0.29, 0.717) is 11.3 Å². The number of phenolic OH excluding ortho intramolecular Hbond substituents is 1. The van der Waals surface area contributed by atoms with Crippen LogP contribution in [-0.4, -0.2) is 21.2 Å². The maximum absolute atomic E-state index is 11.8. The lowest BCUT2D eigenvalue weighted by Gasteiger charge is -2.07. The number of nitrogens with one attached hydrogen (secondary N) is 1. The number of anilines is 1. The fourth-order valence-corrected chi connectivity index (χ4v) is 1.37. The van der Waals surface area contributed by atoms with Gasteiger partial charge in [-0.15, -0.1) is 0 Å². The number of benzene rings is 1. The minimum Gasteiger partial charge on any atom is -0.506 e. The lowest BCUT2D eigenvalue weighted by Crippen LogP contribution is -2.12. The standard InChI is InChI=1S/C12H11N3O2/c1-8-2-3-10(11(16)6-8)15-12(17)9-4-5-13-14-7-9/h2-7,16H,1H3,(H,15,17). The Kier molecular flexibility index (Phi) is 3.00. The van der Waals surface area contributed by atoms with Gasteiger partial charge >= 0.3 is 0 Å². The highest BCUT2D eigenvalue weighted by Gasteiger charge is 2.08. The van der Waals surface area contributed by atoms with Crippen LogP contribution < -0.4 is 5.32 Å². The first-order valence-electron chi connectivity index (χ1n) is 5.04. The van der Waals surface area contributed by atoms with Gasteiger partial charge in [-0.2, -0.15) is 10.2 Å². The Balaban J connectivity index is 2.19. The summed E-state index contributed by atoms with van der Waals surface area (Å²) in [4.78, 5) is 11.8. The molecule has 0 unspecified atom stereocenters. The summed E-state index contributed by atoms with van der Waals surface area (Å²) < 4.78 is 0. The average molecular weight is 229 g/mol. The number of nitrogens with zero attached hydrogens (tertiary/aromatic N) is 2. The van der Waals surface area contributed by atoms with E-state index in [4.69, 9.17) is 0 Å². The van der Waals surface area contributed by atoms with Gasteiger partial charge in [0.25, 0.3) is 5.91 Å². The van der Waals surface area contributed by atoms with Crippen LogP contribution in [0.25, 0.3) is 0 Å². The third-order valence-corrected chi connectivity index (χ3v) is 2.25. The molecule has 86 valence electrons. The van der Waals surface area contributed by atoms with Crippen molar-refractivity contribution in [3.63, 3.8) is 0 Å². The summed E-state index contributed by atoms with van der Waals surface area (Å²) in [6.07, 6.45) is 2.80. The number of aromatic hydroxyl groups is 1. The molecule has 0 saturated heterocycles. The number of phenols is 1. The summed E-state index contributed by atoms with van der Waals surface area (Å²) >= 11 is 0. The van der Waals surface area contributed by atoms with Gasteiger partial charge < -0.3 is 10.4 Å². The van der Waals surface area contributed by atoms with Crippen molar-refractivity contribution in [1.82, 2.24) is 10.2 Å². The molecule has 0 aliphatic carbocycles. The van der Waals surface area contributed by atoms with E-state index in [1.54, 1.807) is 24.3 Å². The van der Waals surface area contributed by atoms with Gasteiger partial charge in [0, 0.05) is 0 Å². The third kappa shape index (κ3) is 2.57. The lowest BCUT2D eigenvalue weighted by molar-refractivity contribution is 0.102. The fraction of sp³-hybridized carbons (Fsp3) is 0.0833. The lowest BCUT2D eigenvalue weighted by atomic mass is 10.2. The summed E-state index contributed by atoms with van der Waals surface area (Å²) in [6, 6.07) is 6.59. The molecule has 1 heterocycles. The summed E-state index contributed by atoms with van der Waals surface area (Å²) in [5, 5.41) is 19.4. The van der Waals surface area contributed by atoms with Gasteiger partial charge in [0.1, 0.15) is 5.75 Å². The summed E-state index contributed by atoms with van der Waals surface area (Å²) in [5.41, 5.74) is 1.68. The molecule has 1 aromatic heterocycles. The molecule has 2 aromatic rings. The number of carbonyl (C=O) groups is 1. The number of carbonyl (C=O) groups excluding carboxylic acids is 1. The van der Waals surface area contributed by atoms with E-state index >= 15 is 0 Å². The second-order valence-corrected chi connectivity index (χ2v) is 3.61. The zero-order chi connectivity index (χ0) is 12.3. The van der Waals surface area contributed by atoms with Crippen molar-refractivity contribution < 1.29 is 9.90 Å². The van der Waals surface area contributed by atoms with Gasteiger partial charge in [-0.05, 0) is 30.7 Å². The normalized spacial score (nSPS) is 9.94. The molecule has 0 bridgehead atoms. The van der Waals surface area contributed by atoms with E-state index in [2.05, 4.69) is 15.5 Å². The maximum atomic E-state index is 11.8. The van der Waals surface area contributed by atoms with Crippen molar-refractivity contribution in [2.45, 2.75) is 6.92 Å². The first-order valence-corrected chi connectivity index (χ1v) is 5.04. The van der Waals surface area contributed by atoms with Gasteiger partial charge in [0.2, 0.25) is 0 Å². The van der Waals surface area contributed by atoms with E-state index in [1.807, 2.05) is 6.92 Å². The second-order valence-electron chi connectivity index (χ2n) is 3.61. The molecule has 5 nitrogen and oxygen atoms in total. The van der Waals surface area contributed by atoms with Gasteiger partial charge in [-0.3, -0.25) is 4.79 Å². The van der Waals surface area contributed by atoms with Crippen LogP contribution in [-0.2, 0) is 0 Å². The molecule has 0 saturated carbocycles. The molecule has 0 aliphatic heterocycles. The van der Waals surface area contributed by atoms with Gasteiger partial charge in [-0.25, -0.2) is 0 Å². The zero-order valence-electron chi connectivity index (χ0n) is 9.21.